The van der Waals surface area contributed by atoms with Crippen LogP contribution in [0.4, 0.5) is 0 Å². The van der Waals surface area contributed by atoms with E-state index in [1.807, 2.05) is 48.7 Å². The van der Waals surface area contributed by atoms with Gasteiger partial charge < -0.3 is 10.2 Å². The van der Waals surface area contributed by atoms with Crippen LogP contribution in [0.2, 0.25) is 0 Å². The van der Waals surface area contributed by atoms with Gasteiger partial charge in [0.05, 0.1) is 6.04 Å². The standard InChI is InChI=1S/C22H25N3O/c1-25(2)14-6-9-21(17-7-4-3-5-8-17)24-22(26)19-10-11-20-16-23-13-12-18(20)15-19/h3-5,7-8,10-13,15-16,21H,6,9,14H2,1-2H3,(H,24,26)/t21-/m0/s1. The van der Waals surface area contributed by atoms with E-state index < -0.39 is 0 Å². The number of carbonyl (C=O) groups excluding carboxylic acids is 1. The second-order valence-corrected chi connectivity index (χ2v) is 6.82. The molecule has 0 aliphatic rings. The zero-order chi connectivity index (χ0) is 18.4. The Bertz CT molecular complexity index is 861. The van der Waals surface area contributed by atoms with E-state index in [1.165, 1.54) is 0 Å². The van der Waals surface area contributed by atoms with Gasteiger partial charge in [0.2, 0.25) is 0 Å². The van der Waals surface area contributed by atoms with Crippen LogP contribution in [-0.4, -0.2) is 36.4 Å². The molecule has 0 radical (unpaired) electrons. The van der Waals surface area contributed by atoms with Crippen molar-refractivity contribution in [3.05, 3.63) is 78.1 Å². The van der Waals surface area contributed by atoms with Gasteiger partial charge in [-0.3, -0.25) is 9.78 Å². The van der Waals surface area contributed by atoms with Gasteiger partial charge in [0, 0.05) is 23.3 Å². The molecule has 0 saturated heterocycles. The number of hydrogen-bond acceptors (Lipinski definition) is 3. The molecular formula is C22H25N3O. The number of carbonyl (C=O) groups is 1. The summed E-state index contributed by atoms with van der Waals surface area (Å²) in [6.07, 6.45) is 5.49. The fraction of sp³-hybridized carbons (Fsp3) is 0.273. The minimum atomic E-state index is -0.0394. The summed E-state index contributed by atoms with van der Waals surface area (Å²) in [4.78, 5) is 19.1. The van der Waals surface area contributed by atoms with Gasteiger partial charge in [-0.1, -0.05) is 36.4 Å². The van der Waals surface area contributed by atoms with E-state index in [2.05, 4.69) is 41.4 Å². The maximum Gasteiger partial charge on any atom is 0.251 e. The summed E-state index contributed by atoms with van der Waals surface area (Å²) in [5.41, 5.74) is 1.82. The van der Waals surface area contributed by atoms with Gasteiger partial charge in [0.15, 0.2) is 0 Å². The SMILES string of the molecule is CN(C)CCC[C@H](NC(=O)c1ccc2cnccc2c1)c1ccccc1. The monoisotopic (exact) mass is 347 g/mol. The van der Waals surface area contributed by atoms with Crippen LogP contribution in [0.5, 0.6) is 0 Å². The first kappa shape index (κ1) is 18.1. The third-order valence-electron chi connectivity index (χ3n) is 4.51. The van der Waals surface area contributed by atoms with Crippen LogP contribution in [0.3, 0.4) is 0 Å². The van der Waals surface area contributed by atoms with Crippen LogP contribution in [0, 0.1) is 0 Å². The lowest BCUT2D eigenvalue weighted by molar-refractivity contribution is 0.0934. The number of hydrogen-bond donors (Lipinski definition) is 1. The lowest BCUT2D eigenvalue weighted by Gasteiger charge is -2.20. The van der Waals surface area contributed by atoms with E-state index in [-0.39, 0.29) is 11.9 Å². The molecule has 4 nitrogen and oxygen atoms in total. The molecule has 0 aliphatic heterocycles. The van der Waals surface area contributed by atoms with E-state index >= 15 is 0 Å². The second-order valence-electron chi connectivity index (χ2n) is 6.82. The first-order chi connectivity index (χ1) is 12.6. The van der Waals surface area contributed by atoms with Gasteiger partial charge in [-0.2, -0.15) is 0 Å². The minimum absolute atomic E-state index is 0.0109. The summed E-state index contributed by atoms with van der Waals surface area (Å²) in [6.45, 7) is 1.00. The highest BCUT2D eigenvalue weighted by molar-refractivity contribution is 5.98. The normalized spacial score (nSPS) is 12.3. The van der Waals surface area contributed by atoms with Gasteiger partial charge in [-0.25, -0.2) is 0 Å². The van der Waals surface area contributed by atoms with Crippen molar-refractivity contribution in [1.82, 2.24) is 15.2 Å². The van der Waals surface area contributed by atoms with Crippen molar-refractivity contribution in [2.24, 2.45) is 0 Å². The Morgan fingerprint density at radius 2 is 1.88 bits per heavy atom. The molecule has 2 aromatic carbocycles. The number of nitrogens with one attached hydrogen (secondary N) is 1. The van der Waals surface area contributed by atoms with Gasteiger partial charge in [0.1, 0.15) is 0 Å². The van der Waals surface area contributed by atoms with Crippen molar-refractivity contribution in [3.8, 4) is 0 Å². The quantitative estimate of drug-likeness (QED) is 0.701. The molecule has 1 aromatic heterocycles. The third kappa shape index (κ3) is 4.67. The number of fused-ring (bicyclic) bond motifs is 1. The Morgan fingerprint density at radius 1 is 1.08 bits per heavy atom. The van der Waals surface area contributed by atoms with Crippen molar-refractivity contribution in [2.75, 3.05) is 20.6 Å². The molecule has 1 heterocycles. The summed E-state index contributed by atoms with van der Waals surface area (Å²) in [6, 6.07) is 17.9. The van der Waals surface area contributed by atoms with Crippen molar-refractivity contribution < 1.29 is 4.79 Å². The van der Waals surface area contributed by atoms with Crippen molar-refractivity contribution in [3.63, 3.8) is 0 Å². The molecule has 0 saturated carbocycles. The molecular weight excluding hydrogens is 322 g/mol. The molecule has 1 atom stereocenters. The molecule has 0 fully saturated rings. The third-order valence-corrected chi connectivity index (χ3v) is 4.51. The molecule has 4 heteroatoms. The van der Waals surface area contributed by atoms with Crippen LogP contribution in [0.15, 0.2) is 67.0 Å². The number of nitrogens with zero attached hydrogens (tertiary/aromatic N) is 2. The highest BCUT2D eigenvalue weighted by Crippen LogP contribution is 2.20. The smallest absolute Gasteiger partial charge is 0.251 e. The summed E-state index contributed by atoms with van der Waals surface area (Å²) in [5.74, 6) is -0.0394. The molecule has 0 unspecified atom stereocenters. The van der Waals surface area contributed by atoms with E-state index in [9.17, 15) is 4.79 Å². The van der Waals surface area contributed by atoms with Crippen LogP contribution < -0.4 is 5.32 Å². The second kappa shape index (κ2) is 8.59. The summed E-state index contributed by atoms with van der Waals surface area (Å²) >= 11 is 0. The van der Waals surface area contributed by atoms with Crippen molar-refractivity contribution in [1.29, 1.82) is 0 Å². The fourth-order valence-electron chi connectivity index (χ4n) is 3.09. The Hall–Kier alpha value is -2.72. The number of rotatable bonds is 7. The maximum atomic E-state index is 12.8. The Balaban J connectivity index is 1.76. The lowest BCUT2D eigenvalue weighted by Crippen LogP contribution is -2.29. The highest BCUT2D eigenvalue weighted by Gasteiger charge is 2.16. The topological polar surface area (TPSA) is 45.2 Å². The van der Waals surface area contributed by atoms with E-state index in [1.54, 1.807) is 6.20 Å². The molecule has 0 spiro atoms. The number of aromatic nitrogens is 1. The van der Waals surface area contributed by atoms with Gasteiger partial charge in [-0.15, -0.1) is 0 Å². The number of benzene rings is 2. The first-order valence-electron chi connectivity index (χ1n) is 8.98. The molecule has 1 amide bonds. The Labute approximate surface area is 154 Å². The first-order valence-corrected chi connectivity index (χ1v) is 8.98. The molecule has 1 N–H and O–H groups in total. The largest absolute Gasteiger partial charge is 0.345 e. The number of pyridine rings is 1. The predicted octanol–water partition coefficient (Wildman–Crippen LogP) is 4.05. The lowest BCUT2D eigenvalue weighted by atomic mass is 10.0. The average Bonchev–Trinajstić information content (AvgIpc) is 2.67. The van der Waals surface area contributed by atoms with Crippen LogP contribution in [-0.2, 0) is 0 Å². The summed E-state index contributed by atoms with van der Waals surface area (Å²) in [5, 5.41) is 5.28. The molecule has 0 aliphatic carbocycles. The maximum absolute atomic E-state index is 12.8. The molecule has 3 rings (SSSR count). The summed E-state index contributed by atoms with van der Waals surface area (Å²) in [7, 11) is 4.14. The molecule has 3 aromatic rings. The van der Waals surface area contributed by atoms with Crippen molar-refractivity contribution >= 4 is 16.7 Å². The van der Waals surface area contributed by atoms with E-state index in [0.29, 0.717) is 5.56 Å². The van der Waals surface area contributed by atoms with Gasteiger partial charge in [-0.05, 0) is 62.6 Å². The van der Waals surface area contributed by atoms with Crippen LogP contribution >= 0.6 is 0 Å². The average molecular weight is 347 g/mol. The van der Waals surface area contributed by atoms with Crippen LogP contribution in [0.25, 0.3) is 10.8 Å². The zero-order valence-electron chi connectivity index (χ0n) is 15.4. The van der Waals surface area contributed by atoms with E-state index in [0.717, 1.165) is 35.7 Å². The highest BCUT2D eigenvalue weighted by atomic mass is 16.1. The zero-order valence-corrected chi connectivity index (χ0v) is 15.4. The number of amides is 1. The predicted molar refractivity (Wildman–Crippen MR) is 106 cm³/mol. The molecule has 0 bridgehead atoms. The molecule has 26 heavy (non-hydrogen) atoms. The van der Waals surface area contributed by atoms with Gasteiger partial charge >= 0.3 is 0 Å². The fourth-order valence-corrected chi connectivity index (χ4v) is 3.09. The Morgan fingerprint density at radius 3 is 2.65 bits per heavy atom. The van der Waals surface area contributed by atoms with Gasteiger partial charge in [0.25, 0.3) is 5.91 Å². The summed E-state index contributed by atoms with van der Waals surface area (Å²) < 4.78 is 0. The Kier molecular flexibility index (Phi) is 5.97. The minimum Gasteiger partial charge on any atom is -0.345 e. The van der Waals surface area contributed by atoms with E-state index in [4.69, 9.17) is 0 Å². The van der Waals surface area contributed by atoms with Crippen molar-refractivity contribution in [2.45, 2.75) is 18.9 Å². The molecule has 134 valence electrons. The van der Waals surface area contributed by atoms with Crippen LogP contribution in [0.1, 0.15) is 34.8 Å².